The smallest absolute Gasteiger partial charge is 0.161 e. The summed E-state index contributed by atoms with van der Waals surface area (Å²) in [5, 5.41) is 0. The molecule has 2 N–H and O–H groups in total. The summed E-state index contributed by atoms with van der Waals surface area (Å²) in [5.41, 5.74) is 0. The van der Waals surface area contributed by atoms with Crippen LogP contribution in [-0.4, -0.2) is 19.8 Å². The Morgan fingerprint density at radius 3 is 2.20 bits per heavy atom. The molecule has 1 aromatic carbocycles. The minimum atomic E-state index is 0. The highest BCUT2D eigenvalue weighted by Gasteiger charge is 2.02. The van der Waals surface area contributed by atoms with Gasteiger partial charge in [0.15, 0.2) is 11.5 Å². The molecule has 0 saturated carbocycles. The van der Waals surface area contributed by atoms with E-state index in [1.165, 1.54) is 0 Å². The lowest BCUT2D eigenvalue weighted by atomic mass is 10.3. The molecule has 4 nitrogen and oxygen atoms in total. The van der Waals surface area contributed by atoms with E-state index in [9.17, 15) is 0 Å². The van der Waals surface area contributed by atoms with Gasteiger partial charge in [-0.3, -0.25) is 0 Å². The molecule has 0 spiro atoms. The van der Waals surface area contributed by atoms with Crippen molar-refractivity contribution in [3.8, 4) is 11.5 Å². The van der Waals surface area contributed by atoms with Gasteiger partial charge < -0.3 is 14.3 Å². The Morgan fingerprint density at radius 1 is 1.07 bits per heavy atom. The Balaban J connectivity index is 0.00000196. The summed E-state index contributed by atoms with van der Waals surface area (Å²) in [6.45, 7) is 3.33. The third kappa shape index (κ3) is 4.88. The number of hydrogen-bond donors (Lipinski definition) is 1. The molecular formula is C10H16ClNO3. The molecule has 0 atom stereocenters. The van der Waals surface area contributed by atoms with Crippen LogP contribution >= 0.6 is 12.4 Å². The highest BCUT2D eigenvalue weighted by Crippen LogP contribution is 2.25. The molecule has 15 heavy (non-hydrogen) atoms. The zero-order valence-electron chi connectivity index (χ0n) is 8.64. The van der Waals surface area contributed by atoms with Crippen LogP contribution in [0.5, 0.6) is 11.5 Å². The van der Waals surface area contributed by atoms with E-state index in [4.69, 9.17) is 15.4 Å². The van der Waals surface area contributed by atoms with Crippen LogP contribution in [0.25, 0.3) is 0 Å². The van der Waals surface area contributed by atoms with Crippen molar-refractivity contribution in [2.45, 2.75) is 6.92 Å². The van der Waals surface area contributed by atoms with Crippen LogP contribution in [0.2, 0.25) is 0 Å². The van der Waals surface area contributed by atoms with Gasteiger partial charge in [-0.1, -0.05) is 12.1 Å². The number of halogens is 1. The molecule has 0 bridgehead atoms. The van der Waals surface area contributed by atoms with Gasteiger partial charge in [-0.2, -0.15) is 0 Å². The van der Waals surface area contributed by atoms with Crippen molar-refractivity contribution in [1.82, 2.24) is 0 Å². The first kappa shape index (κ1) is 14.0. The maximum atomic E-state index is 5.40. The van der Waals surface area contributed by atoms with Crippen LogP contribution in [0.1, 0.15) is 6.92 Å². The molecule has 0 aliphatic carbocycles. The lowest BCUT2D eigenvalue weighted by molar-refractivity contribution is 0.100. The van der Waals surface area contributed by atoms with Gasteiger partial charge in [0.05, 0.1) is 6.61 Å². The number of hydrogen-bond acceptors (Lipinski definition) is 4. The molecule has 0 saturated heterocycles. The SMILES string of the molecule is CCOc1ccccc1OCCON.Cl. The predicted octanol–water partition coefficient (Wildman–Crippen LogP) is 1.78. The molecule has 0 unspecified atom stereocenters. The first-order chi connectivity index (χ1) is 6.88. The zero-order valence-corrected chi connectivity index (χ0v) is 9.46. The second-order valence-electron chi connectivity index (χ2n) is 2.60. The standard InChI is InChI=1S/C10H15NO3.ClH/c1-2-12-9-5-3-4-6-10(9)13-7-8-14-11;/h3-6H,2,7-8,11H2,1H3;1H. The summed E-state index contributed by atoms with van der Waals surface area (Å²) in [4.78, 5) is 4.40. The van der Waals surface area contributed by atoms with Gasteiger partial charge in [-0.05, 0) is 19.1 Å². The van der Waals surface area contributed by atoms with Gasteiger partial charge in [0.1, 0.15) is 13.2 Å². The van der Waals surface area contributed by atoms with E-state index in [0.29, 0.717) is 25.6 Å². The van der Waals surface area contributed by atoms with Crippen LogP contribution in [0.4, 0.5) is 0 Å². The molecule has 0 radical (unpaired) electrons. The Hall–Kier alpha value is -0.970. The second kappa shape index (κ2) is 8.35. The Labute approximate surface area is 95.7 Å². The third-order valence-corrected chi connectivity index (χ3v) is 1.61. The first-order valence-electron chi connectivity index (χ1n) is 4.54. The summed E-state index contributed by atoms with van der Waals surface area (Å²) in [6, 6.07) is 7.50. The van der Waals surface area contributed by atoms with Gasteiger partial charge in [0.25, 0.3) is 0 Å². The summed E-state index contributed by atoms with van der Waals surface area (Å²) in [5.74, 6) is 6.34. The van der Waals surface area contributed by atoms with E-state index in [0.717, 1.165) is 5.75 Å². The summed E-state index contributed by atoms with van der Waals surface area (Å²) in [6.07, 6.45) is 0. The highest BCUT2D eigenvalue weighted by atomic mass is 35.5. The van der Waals surface area contributed by atoms with Crippen molar-refractivity contribution in [3.63, 3.8) is 0 Å². The average Bonchev–Trinajstić information content (AvgIpc) is 2.21. The minimum absolute atomic E-state index is 0. The predicted molar refractivity (Wildman–Crippen MR) is 60.5 cm³/mol. The maximum Gasteiger partial charge on any atom is 0.161 e. The quantitative estimate of drug-likeness (QED) is 0.601. The van der Waals surface area contributed by atoms with E-state index in [1.54, 1.807) is 0 Å². The number of nitrogens with two attached hydrogens (primary N) is 1. The lowest BCUT2D eigenvalue weighted by Crippen LogP contribution is -2.10. The largest absolute Gasteiger partial charge is 0.490 e. The Bertz CT molecular complexity index is 271. The van der Waals surface area contributed by atoms with Gasteiger partial charge in [-0.25, -0.2) is 5.90 Å². The minimum Gasteiger partial charge on any atom is -0.490 e. The van der Waals surface area contributed by atoms with Gasteiger partial charge in [0.2, 0.25) is 0 Å². The fraction of sp³-hybridized carbons (Fsp3) is 0.400. The van der Waals surface area contributed by atoms with E-state index >= 15 is 0 Å². The van der Waals surface area contributed by atoms with Crippen LogP contribution in [0.15, 0.2) is 24.3 Å². The second-order valence-corrected chi connectivity index (χ2v) is 2.60. The van der Waals surface area contributed by atoms with Crippen molar-refractivity contribution in [2.24, 2.45) is 5.90 Å². The molecule has 0 aliphatic rings. The van der Waals surface area contributed by atoms with Crippen molar-refractivity contribution < 1.29 is 14.3 Å². The monoisotopic (exact) mass is 233 g/mol. The van der Waals surface area contributed by atoms with Crippen molar-refractivity contribution in [2.75, 3.05) is 19.8 Å². The van der Waals surface area contributed by atoms with Gasteiger partial charge in [-0.15, -0.1) is 12.4 Å². The van der Waals surface area contributed by atoms with Gasteiger partial charge in [0, 0.05) is 0 Å². The zero-order chi connectivity index (χ0) is 10.2. The third-order valence-electron chi connectivity index (χ3n) is 1.61. The normalized spacial score (nSPS) is 9.20. The van der Waals surface area contributed by atoms with Crippen LogP contribution in [0.3, 0.4) is 0 Å². The molecule has 0 fully saturated rings. The molecule has 1 rings (SSSR count). The summed E-state index contributed by atoms with van der Waals surface area (Å²) >= 11 is 0. The van der Waals surface area contributed by atoms with Crippen molar-refractivity contribution in [1.29, 1.82) is 0 Å². The summed E-state index contributed by atoms with van der Waals surface area (Å²) in [7, 11) is 0. The highest BCUT2D eigenvalue weighted by molar-refractivity contribution is 5.85. The summed E-state index contributed by atoms with van der Waals surface area (Å²) < 4.78 is 10.8. The molecule has 86 valence electrons. The lowest BCUT2D eigenvalue weighted by Gasteiger charge is -2.10. The molecule has 0 amide bonds. The molecule has 0 aliphatic heterocycles. The van der Waals surface area contributed by atoms with Crippen molar-refractivity contribution >= 4 is 12.4 Å². The average molecular weight is 234 g/mol. The van der Waals surface area contributed by atoms with Crippen LogP contribution in [0, 0.1) is 0 Å². The number of para-hydroxylation sites is 2. The van der Waals surface area contributed by atoms with E-state index < -0.39 is 0 Å². The number of ether oxygens (including phenoxy) is 2. The van der Waals surface area contributed by atoms with Gasteiger partial charge >= 0.3 is 0 Å². The Kier molecular flexibility index (Phi) is 7.81. The van der Waals surface area contributed by atoms with E-state index in [1.807, 2.05) is 31.2 Å². The molecular weight excluding hydrogens is 218 g/mol. The van der Waals surface area contributed by atoms with Crippen molar-refractivity contribution in [3.05, 3.63) is 24.3 Å². The van der Waals surface area contributed by atoms with E-state index in [-0.39, 0.29) is 12.4 Å². The maximum absolute atomic E-state index is 5.40. The molecule has 5 heteroatoms. The van der Waals surface area contributed by atoms with Crippen LogP contribution in [-0.2, 0) is 4.84 Å². The first-order valence-corrected chi connectivity index (χ1v) is 4.54. The Morgan fingerprint density at radius 2 is 1.67 bits per heavy atom. The fourth-order valence-electron chi connectivity index (χ4n) is 1.04. The topological polar surface area (TPSA) is 53.7 Å². The van der Waals surface area contributed by atoms with Crippen LogP contribution < -0.4 is 15.4 Å². The fourth-order valence-corrected chi connectivity index (χ4v) is 1.04. The number of rotatable bonds is 6. The van der Waals surface area contributed by atoms with E-state index in [2.05, 4.69) is 4.84 Å². The number of benzene rings is 1. The molecule has 0 heterocycles. The molecule has 0 aromatic heterocycles. The molecule has 1 aromatic rings.